The summed E-state index contributed by atoms with van der Waals surface area (Å²) in [4.78, 5) is 12.5. The van der Waals surface area contributed by atoms with Crippen LogP contribution < -0.4 is 10.6 Å². The Labute approximate surface area is 155 Å². The average molecular weight is 388 g/mol. The number of rotatable bonds is 5. The topological polar surface area (TPSA) is 78.5 Å². The van der Waals surface area contributed by atoms with Crippen molar-refractivity contribution in [2.75, 3.05) is 32.7 Å². The normalized spacial score (nSPS) is 19.4. The minimum Gasteiger partial charge on any atom is -0.352 e. The van der Waals surface area contributed by atoms with Crippen LogP contribution in [-0.4, -0.2) is 51.4 Å². The van der Waals surface area contributed by atoms with Gasteiger partial charge in [-0.05, 0) is 31.0 Å². The van der Waals surface area contributed by atoms with Crippen molar-refractivity contribution in [2.45, 2.75) is 30.6 Å². The molecule has 6 nitrogen and oxygen atoms in total. The molecule has 2 aliphatic heterocycles. The van der Waals surface area contributed by atoms with Crippen LogP contribution in [0.5, 0.6) is 0 Å². The summed E-state index contributed by atoms with van der Waals surface area (Å²) in [6.45, 7) is 3.59. The van der Waals surface area contributed by atoms with Gasteiger partial charge in [0, 0.05) is 44.2 Å². The first-order valence-electron chi connectivity index (χ1n) is 8.66. The van der Waals surface area contributed by atoms with E-state index in [2.05, 4.69) is 10.6 Å². The predicted octanol–water partition coefficient (Wildman–Crippen LogP) is 1.62. The molecule has 2 aliphatic rings. The van der Waals surface area contributed by atoms with Gasteiger partial charge in [-0.15, -0.1) is 12.4 Å². The highest BCUT2D eigenvalue weighted by molar-refractivity contribution is 7.89. The van der Waals surface area contributed by atoms with E-state index in [-0.39, 0.29) is 23.2 Å². The molecule has 0 bridgehead atoms. The van der Waals surface area contributed by atoms with Gasteiger partial charge in [0.2, 0.25) is 10.0 Å². The maximum Gasteiger partial charge on any atom is 0.251 e. The Hall–Kier alpha value is -1.15. The van der Waals surface area contributed by atoms with E-state index in [1.165, 1.54) is 6.07 Å². The zero-order valence-electron chi connectivity index (χ0n) is 14.2. The number of hydrogen-bond donors (Lipinski definition) is 2. The Balaban J connectivity index is 0.00000225. The second-order valence-corrected chi connectivity index (χ2v) is 8.52. The molecule has 1 aromatic carbocycles. The van der Waals surface area contributed by atoms with E-state index < -0.39 is 10.0 Å². The summed E-state index contributed by atoms with van der Waals surface area (Å²) in [5.41, 5.74) is 0.401. The van der Waals surface area contributed by atoms with Gasteiger partial charge < -0.3 is 10.6 Å². The zero-order chi connectivity index (χ0) is 17.0. The number of sulfonamides is 1. The van der Waals surface area contributed by atoms with Crippen LogP contribution in [0.15, 0.2) is 29.2 Å². The first-order chi connectivity index (χ1) is 11.6. The van der Waals surface area contributed by atoms with Crippen LogP contribution in [0.4, 0.5) is 0 Å². The number of carbonyl (C=O) groups is 1. The van der Waals surface area contributed by atoms with Gasteiger partial charge in [0.15, 0.2) is 0 Å². The summed E-state index contributed by atoms with van der Waals surface area (Å²) >= 11 is 0. The van der Waals surface area contributed by atoms with Crippen molar-refractivity contribution in [3.05, 3.63) is 29.8 Å². The van der Waals surface area contributed by atoms with Gasteiger partial charge in [0.25, 0.3) is 5.91 Å². The molecule has 2 heterocycles. The Kier molecular flexibility index (Phi) is 7.25. The molecule has 0 spiro atoms. The van der Waals surface area contributed by atoms with Gasteiger partial charge in [0.05, 0.1) is 4.90 Å². The number of hydrogen-bond acceptors (Lipinski definition) is 4. The van der Waals surface area contributed by atoms with E-state index in [0.717, 1.165) is 38.8 Å². The summed E-state index contributed by atoms with van der Waals surface area (Å²) in [6, 6.07) is 6.38. The van der Waals surface area contributed by atoms with Crippen molar-refractivity contribution < 1.29 is 13.2 Å². The fourth-order valence-corrected chi connectivity index (χ4v) is 4.62. The molecule has 0 saturated carbocycles. The average Bonchev–Trinajstić information content (AvgIpc) is 2.83. The van der Waals surface area contributed by atoms with Crippen molar-refractivity contribution >= 4 is 28.3 Å². The number of nitrogens with one attached hydrogen (secondary N) is 2. The first-order valence-corrected chi connectivity index (χ1v) is 10.1. The molecule has 0 radical (unpaired) electrons. The van der Waals surface area contributed by atoms with Crippen LogP contribution in [0.1, 0.15) is 36.0 Å². The van der Waals surface area contributed by atoms with Crippen molar-refractivity contribution in [3.63, 3.8) is 0 Å². The number of nitrogens with zero attached hydrogens (tertiary/aromatic N) is 1. The minimum absolute atomic E-state index is 0. The van der Waals surface area contributed by atoms with E-state index in [4.69, 9.17) is 0 Å². The summed E-state index contributed by atoms with van der Waals surface area (Å²) in [5.74, 6) is 0.257. The molecule has 2 N–H and O–H groups in total. The van der Waals surface area contributed by atoms with Gasteiger partial charge >= 0.3 is 0 Å². The lowest BCUT2D eigenvalue weighted by Gasteiger charge is -2.27. The van der Waals surface area contributed by atoms with Gasteiger partial charge in [-0.3, -0.25) is 4.79 Å². The van der Waals surface area contributed by atoms with Crippen LogP contribution in [-0.2, 0) is 10.0 Å². The van der Waals surface area contributed by atoms with Gasteiger partial charge in [-0.2, -0.15) is 4.31 Å². The Morgan fingerprint density at radius 1 is 1.16 bits per heavy atom. The highest BCUT2D eigenvalue weighted by Crippen LogP contribution is 2.21. The van der Waals surface area contributed by atoms with Crippen LogP contribution in [0.3, 0.4) is 0 Å². The smallest absolute Gasteiger partial charge is 0.251 e. The highest BCUT2D eigenvalue weighted by atomic mass is 35.5. The Bertz CT molecular complexity index is 684. The Morgan fingerprint density at radius 2 is 1.84 bits per heavy atom. The molecular weight excluding hydrogens is 362 g/mol. The summed E-state index contributed by atoms with van der Waals surface area (Å²) < 4.78 is 27.2. The molecule has 1 aromatic rings. The standard InChI is InChI=1S/C17H25N3O3S.ClH/c21-17(19-13-14-11-18-12-14)15-6-5-7-16(10-15)24(22,23)20-8-3-1-2-4-9-20;/h5-7,10,14,18H,1-4,8-9,11-13H2,(H,19,21);1H. The van der Waals surface area contributed by atoms with Crippen LogP contribution in [0.25, 0.3) is 0 Å². The first kappa shape index (κ1) is 20.2. The van der Waals surface area contributed by atoms with Gasteiger partial charge in [0.1, 0.15) is 0 Å². The van der Waals surface area contributed by atoms with E-state index in [9.17, 15) is 13.2 Å². The molecule has 140 valence electrons. The van der Waals surface area contributed by atoms with Crippen molar-refractivity contribution in [1.29, 1.82) is 0 Å². The Morgan fingerprint density at radius 3 is 2.44 bits per heavy atom. The van der Waals surface area contributed by atoms with Crippen molar-refractivity contribution in [2.24, 2.45) is 5.92 Å². The van der Waals surface area contributed by atoms with E-state index >= 15 is 0 Å². The van der Waals surface area contributed by atoms with Crippen LogP contribution in [0, 0.1) is 5.92 Å². The third-order valence-electron chi connectivity index (χ3n) is 4.72. The van der Waals surface area contributed by atoms with Gasteiger partial charge in [-0.1, -0.05) is 18.9 Å². The molecule has 25 heavy (non-hydrogen) atoms. The molecule has 0 aromatic heterocycles. The molecular formula is C17H26ClN3O3S. The molecule has 0 atom stereocenters. The fourth-order valence-electron chi connectivity index (χ4n) is 3.06. The zero-order valence-corrected chi connectivity index (χ0v) is 15.9. The third-order valence-corrected chi connectivity index (χ3v) is 6.61. The lowest BCUT2D eigenvalue weighted by molar-refractivity contribution is 0.0942. The monoisotopic (exact) mass is 387 g/mol. The molecule has 3 rings (SSSR count). The van der Waals surface area contributed by atoms with Gasteiger partial charge in [-0.25, -0.2) is 8.42 Å². The number of halogens is 1. The highest BCUT2D eigenvalue weighted by Gasteiger charge is 2.26. The largest absolute Gasteiger partial charge is 0.352 e. The maximum absolute atomic E-state index is 12.8. The summed E-state index contributed by atoms with van der Waals surface area (Å²) in [7, 11) is -3.52. The minimum atomic E-state index is -3.52. The fraction of sp³-hybridized carbons (Fsp3) is 0.588. The number of amides is 1. The lowest BCUT2D eigenvalue weighted by Crippen LogP contribution is -2.48. The SMILES string of the molecule is Cl.O=C(NCC1CNC1)c1cccc(S(=O)(=O)N2CCCCCC2)c1. The van der Waals surface area contributed by atoms with Crippen LogP contribution in [0.2, 0.25) is 0 Å². The lowest BCUT2D eigenvalue weighted by atomic mass is 10.0. The molecule has 8 heteroatoms. The predicted molar refractivity (Wildman–Crippen MR) is 99.6 cm³/mol. The second kappa shape index (κ2) is 8.98. The molecule has 1 amide bonds. The van der Waals surface area contributed by atoms with Crippen LogP contribution >= 0.6 is 12.4 Å². The number of benzene rings is 1. The summed E-state index contributed by atoms with van der Waals surface area (Å²) in [5, 5.41) is 6.04. The molecule has 0 unspecified atom stereocenters. The molecule has 0 aliphatic carbocycles. The third kappa shape index (κ3) is 4.94. The van der Waals surface area contributed by atoms with Crippen molar-refractivity contribution in [1.82, 2.24) is 14.9 Å². The van der Waals surface area contributed by atoms with E-state index in [0.29, 0.717) is 31.1 Å². The quantitative estimate of drug-likeness (QED) is 0.804. The van der Waals surface area contributed by atoms with E-state index in [1.807, 2.05) is 0 Å². The number of carbonyl (C=O) groups excluding carboxylic acids is 1. The second-order valence-electron chi connectivity index (χ2n) is 6.58. The summed E-state index contributed by atoms with van der Waals surface area (Å²) in [6.07, 6.45) is 3.94. The maximum atomic E-state index is 12.8. The van der Waals surface area contributed by atoms with E-state index in [1.54, 1.807) is 22.5 Å². The van der Waals surface area contributed by atoms with Crippen molar-refractivity contribution in [3.8, 4) is 0 Å². The molecule has 2 fully saturated rings. The molecule has 2 saturated heterocycles.